The second-order valence-electron chi connectivity index (χ2n) is 3.58. The van der Waals surface area contributed by atoms with Gasteiger partial charge in [-0.25, -0.2) is 0 Å². The van der Waals surface area contributed by atoms with Crippen LogP contribution in [0.1, 0.15) is 12.8 Å². The van der Waals surface area contributed by atoms with Gasteiger partial charge in [0.2, 0.25) is 0 Å². The van der Waals surface area contributed by atoms with Gasteiger partial charge < -0.3 is 5.11 Å². The normalized spacial score (nSPS) is 50.1. The number of thioether (sulfide) groups is 2. The van der Waals surface area contributed by atoms with E-state index in [1.54, 1.807) is 0 Å². The molecule has 1 aliphatic heterocycles. The van der Waals surface area contributed by atoms with Crippen LogP contribution in [0.2, 0.25) is 0 Å². The van der Waals surface area contributed by atoms with Crippen molar-refractivity contribution in [2.45, 2.75) is 23.0 Å². The van der Waals surface area contributed by atoms with Crippen LogP contribution >= 0.6 is 23.5 Å². The Labute approximate surface area is 74.6 Å². The molecule has 3 aliphatic rings. The van der Waals surface area contributed by atoms with E-state index in [-0.39, 0.29) is 10.2 Å². The van der Waals surface area contributed by atoms with E-state index in [2.05, 4.69) is 10.8 Å². The van der Waals surface area contributed by atoms with Crippen molar-refractivity contribution in [3.05, 3.63) is 10.8 Å². The molecule has 0 amide bonds. The summed E-state index contributed by atoms with van der Waals surface area (Å²) in [7, 11) is 0. The first-order chi connectivity index (χ1) is 5.33. The van der Waals surface area contributed by atoms with Crippen LogP contribution in [0.25, 0.3) is 0 Å². The van der Waals surface area contributed by atoms with Gasteiger partial charge in [-0.15, -0.1) is 23.5 Å². The summed E-state index contributed by atoms with van der Waals surface area (Å²) in [5.41, 5.74) is 0. The fourth-order valence-electron chi connectivity index (χ4n) is 2.33. The standard InChI is InChI=1S/C8H10OS2/c9-7-4-5-3-6(5)8(7)10-1-2-11-8/h1-2,5-7,9H,3-4H2/t5-,6-,7?/m1/s1. The van der Waals surface area contributed by atoms with Crippen molar-refractivity contribution in [2.24, 2.45) is 11.8 Å². The molecule has 0 radical (unpaired) electrons. The number of hydrogen-bond acceptors (Lipinski definition) is 3. The van der Waals surface area contributed by atoms with E-state index in [4.69, 9.17) is 0 Å². The lowest BCUT2D eigenvalue weighted by Gasteiger charge is -2.27. The Morgan fingerprint density at radius 2 is 2.00 bits per heavy atom. The van der Waals surface area contributed by atoms with Crippen molar-refractivity contribution in [1.82, 2.24) is 0 Å². The van der Waals surface area contributed by atoms with E-state index in [0.717, 1.165) is 18.3 Å². The van der Waals surface area contributed by atoms with Gasteiger partial charge >= 0.3 is 0 Å². The molecule has 0 saturated heterocycles. The van der Waals surface area contributed by atoms with Crippen molar-refractivity contribution >= 4 is 23.5 Å². The zero-order valence-corrected chi connectivity index (χ0v) is 7.70. The monoisotopic (exact) mass is 186 g/mol. The molecule has 1 spiro atoms. The molecule has 1 nitrogen and oxygen atoms in total. The summed E-state index contributed by atoms with van der Waals surface area (Å²) in [6.45, 7) is 0. The van der Waals surface area contributed by atoms with Gasteiger partial charge in [0.25, 0.3) is 0 Å². The van der Waals surface area contributed by atoms with Crippen molar-refractivity contribution in [3.63, 3.8) is 0 Å². The molecule has 1 N–H and O–H groups in total. The van der Waals surface area contributed by atoms with Gasteiger partial charge in [-0.3, -0.25) is 0 Å². The smallest absolute Gasteiger partial charge is 0.0981 e. The zero-order valence-electron chi connectivity index (χ0n) is 6.06. The molecule has 2 aliphatic carbocycles. The van der Waals surface area contributed by atoms with Gasteiger partial charge in [-0.05, 0) is 35.5 Å². The predicted molar refractivity (Wildman–Crippen MR) is 49.3 cm³/mol. The van der Waals surface area contributed by atoms with Crippen LogP contribution < -0.4 is 0 Å². The van der Waals surface area contributed by atoms with Gasteiger partial charge in [0.05, 0.1) is 10.2 Å². The summed E-state index contributed by atoms with van der Waals surface area (Å²) in [6, 6.07) is 0. The van der Waals surface area contributed by atoms with E-state index >= 15 is 0 Å². The first-order valence-corrected chi connectivity index (χ1v) is 5.77. The molecule has 1 heterocycles. The number of fused-ring (bicyclic) bond motifs is 2. The van der Waals surface area contributed by atoms with E-state index < -0.39 is 0 Å². The molecular formula is C8H10OS2. The number of hydrogen-bond donors (Lipinski definition) is 1. The highest BCUT2D eigenvalue weighted by Gasteiger charge is 2.64. The quantitative estimate of drug-likeness (QED) is 0.625. The summed E-state index contributed by atoms with van der Waals surface area (Å²) < 4.78 is 0.157. The lowest BCUT2D eigenvalue weighted by molar-refractivity contribution is 0.164. The molecule has 3 heteroatoms. The van der Waals surface area contributed by atoms with Gasteiger partial charge in [0, 0.05) is 0 Å². The molecule has 0 bridgehead atoms. The lowest BCUT2D eigenvalue weighted by atomic mass is 10.2. The third kappa shape index (κ3) is 0.744. The highest BCUT2D eigenvalue weighted by atomic mass is 32.2. The first-order valence-electron chi connectivity index (χ1n) is 4.01. The number of aliphatic hydroxyl groups excluding tert-OH is 1. The fourth-order valence-corrected chi connectivity index (χ4v) is 5.19. The Morgan fingerprint density at radius 3 is 2.55 bits per heavy atom. The molecule has 11 heavy (non-hydrogen) atoms. The lowest BCUT2D eigenvalue weighted by Crippen LogP contribution is -2.31. The van der Waals surface area contributed by atoms with Crippen LogP contribution in [0.4, 0.5) is 0 Å². The van der Waals surface area contributed by atoms with Crippen molar-refractivity contribution in [3.8, 4) is 0 Å². The number of aliphatic hydroxyl groups is 1. The minimum atomic E-state index is -0.0590. The third-order valence-corrected chi connectivity index (χ3v) is 6.17. The Morgan fingerprint density at radius 1 is 1.27 bits per heavy atom. The molecule has 3 rings (SSSR count). The summed E-state index contributed by atoms with van der Waals surface area (Å²) in [5, 5.41) is 14.1. The Balaban J connectivity index is 1.94. The van der Waals surface area contributed by atoms with E-state index in [1.165, 1.54) is 6.42 Å². The molecular weight excluding hydrogens is 176 g/mol. The topological polar surface area (TPSA) is 20.2 Å². The van der Waals surface area contributed by atoms with E-state index in [1.807, 2.05) is 23.5 Å². The maximum atomic E-state index is 9.80. The number of rotatable bonds is 0. The summed E-state index contributed by atoms with van der Waals surface area (Å²) in [4.78, 5) is 0. The first kappa shape index (κ1) is 6.87. The van der Waals surface area contributed by atoms with Crippen LogP contribution in [-0.4, -0.2) is 15.3 Å². The molecule has 0 aromatic carbocycles. The Kier molecular flexibility index (Phi) is 1.25. The predicted octanol–water partition coefficient (Wildman–Crippen LogP) is 2.03. The minimum Gasteiger partial charge on any atom is -0.391 e. The summed E-state index contributed by atoms with van der Waals surface area (Å²) >= 11 is 3.69. The molecule has 3 atom stereocenters. The fraction of sp³-hybridized carbons (Fsp3) is 0.750. The average Bonchev–Trinajstić information content (AvgIpc) is 2.55. The van der Waals surface area contributed by atoms with Crippen LogP contribution in [0.5, 0.6) is 0 Å². The van der Waals surface area contributed by atoms with Gasteiger partial charge in [-0.2, -0.15) is 0 Å². The Hall–Kier alpha value is 0.400. The van der Waals surface area contributed by atoms with Gasteiger partial charge in [-0.1, -0.05) is 0 Å². The summed E-state index contributed by atoms with van der Waals surface area (Å²) in [6.07, 6.45) is 2.35. The molecule has 0 aromatic heterocycles. The highest BCUT2D eigenvalue weighted by Crippen LogP contribution is 2.69. The molecule has 1 unspecified atom stereocenters. The molecule has 60 valence electrons. The molecule has 2 saturated carbocycles. The maximum Gasteiger partial charge on any atom is 0.0981 e. The van der Waals surface area contributed by atoms with E-state index in [9.17, 15) is 5.11 Å². The summed E-state index contributed by atoms with van der Waals surface area (Å²) in [5.74, 6) is 1.66. The maximum absolute atomic E-state index is 9.80. The van der Waals surface area contributed by atoms with E-state index in [0.29, 0.717) is 0 Å². The van der Waals surface area contributed by atoms with Crippen molar-refractivity contribution in [1.29, 1.82) is 0 Å². The second-order valence-corrected chi connectivity index (χ2v) is 6.21. The van der Waals surface area contributed by atoms with Crippen LogP contribution in [0, 0.1) is 11.8 Å². The van der Waals surface area contributed by atoms with Gasteiger partial charge in [0.1, 0.15) is 0 Å². The highest BCUT2D eigenvalue weighted by molar-refractivity contribution is 8.23. The van der Waals surface area contributed by atoms with Crippen LogP contribution in [0.15, 0.2) is 10.8 Å². The van der Waals surface area contributed by atoms with Crippen molar-refractivity contribution in [2.75, 3.05) is 0 Å². The van der Waals surface area contributed by atoms with Crippen LogP contribution in [0.3, 0.4) is 0 Å². The SMILES string of the molecule is OC1C[C@H]2C[C@H]2C12SC=CS2. The molecule has 2 fully saturated rings. The minimum absolute atomic E-state index is 0.0590. The van der Waals surface area contributed by atoms with Gasteiger partial charge in [0.15, 0.2) is 0 Å². The third-order valence-electron chi connectivity index (χ3n) is 2.99. The van der Waals surface area contributed by atoms with Crippen LogP contribution in [-0.2, 0) is 0 Å². The van der Waals surface area contributed by atoms with Crippen molar-refractivity contribution < 1.29 is 5.11 Å². The zero-order chi connectivity index (χ0) is 7.47. The second kappa shape index (κ2) is 2.01. The largest absolute Gasteiger partial charge is 0.391 e. The average molecular weight is 186 g/mol. The molecule has 0 aromatic rings. The Bertz CT molecular complexity index is 214.